The summed E-state index contributed by atoms with van der Waals surface area (Å²) in [5.74, 6) is -0.326. The number of anilines is 1. The molecular formula is C11H13Cl2NO2. The zero-order chi connectivity index (χ0) is 12.5. The van der Waals surface area contributed by atoms with Crippen LogP contribution in [0.2, 0.25) is 10.0 Å². The highest BCUT2D eigenvalue weighted by Crippen LogP contribution is 2.42. The summed E-state index contributed by atoms with van der Waals surface area (Å²) in [5.41, 5.74) is 1.07. The van der Waals surface area contributed by atoms with Crippen molar-refractivity contribution in [3.05, 3.63) is 21.7 Å². The molecule has 1 aromatic rings. The number of hydrogen-bond acceptors (Lipinski definition) is 2. The maximum atomic E-state index is 10.9. The van der Waals surface area contributed by atoms with Gasteiger partial charge in [0.2, 0.25) is 5.91 Å². The molecule has 2 N–H and O–H groups in total. The summed E-state index contributed by atoms with van der Waals surface area (Å²) in [6.45, 7) is 5.26. The van der Waals surface area contributed by atoms with Crippen LogP contribution in [-0.4, -0.2) is 11.0 Å². The van der Waals surface area contributed by atoms with Crippen molar-refractivity contribution in [2.75, 3.05) is 5.32 Å². The molecule has 0 saturated heterocycles. The van der Waals surface area contributed by atoms with Crippen molar-refractivity contribution in [2.24, 2.45) is 0 Å². The highest BCUT2D eigenvalue weighted by atomic mass is 35.5. The second-order valence-corrected chi connectivity index (χ2v) is 4.58. The number of carbonyl (C=O) groups excluding carboxylic acids is 1. The minimum Gasteiger partial charge on any atom is -0.504 e. The lowest BCUT2D eigenvalue weighted by Crippen LogP contribution is -2.07. The van der Waals surface area contributed by atoms with Gasteiger partial charge in [-0.25, -0.2) is 0 Å². The fourth-order valence-electron chi connectivity index (χ4n) is 1.34. The SMILES string of the molecule is CC(=O)Nc1cc(C(C)C)c(Cl)c(Cl)c1O. The summed E-state index contributed by atoms with van der Waals surface area (Å²) < 4.78 is 0. The highest BCUT2D eigenvalue weighted by Gasteiger charge is 2.17. The Morgan fingerprint density at radius 1 is 1.38 bits per heavy atom. The molecule has 5 heteroatoms. The summed E-state index contributed by atoms with van der Waals surface area (Å²) in [5, 5.41) is 12.6. The number of phenolic OH excluding ortho intramolecular Hbond substituents is 1. The minimum absolute atomic E-state index is 0.0663. The summed E-state index contributed by atoms with van der Waals surface area (Å²) in [7, 11) is 0. The van der Waals surface area contributed by atoms with Crippen LogP contribution in [0.25, 0.3) is 0 Å². The van der Waals surface area contributed by atoms with Crippen LogP contribution in [0.1, 0.15) is 32.3 Å². The van der Waals surface area contributed by atoms with Crippen LogP contribution in [0.5, 0.6) is 5.75 Å². The van der Waals surface area contributed by atoms with Crippen molar-refractivity contribution >= 4 is 34.8 Å². The summed E-state index contributed by atoms with van der Waals surface area (Å²) in [6.07, 6.45) is 0. The molecule has 16 heavy (non-hydrogen) atoms. The standard InChI is InChI=1S/C11H13Cl2NO2/c1-5(2)7-4-8(14-6(3)15)11(16)10(13)9(7)12/h4-5,16H,1-3H3,(H,14,15). The molecule has 3 nitrogen and oxygen atoms in total. The van der Waals surface area contributed by atoms with Crippen LogP contribution >= 0.6 is 23.2 Å². The normalized spacial score (nSPS) is 10.6. The maximum Gasteiger partial charge on any atom is 0.221 e. The molecule has 0 heterocycles. The number of carbonyl (C=O) groups is 1. The van der Waals surface area contributed by atoms with E-state index in [1.54, 1.807) is 6.07 Å². The summed E-state index contributed by atoms with van der Waals surface area (Å²) in [6, 6.07) is 1.63. The first-order chi connectivity index (χ1) is 7.34. The van der Waals surface area contributed by atoms with E-state index >= 15 is 0 Å². The van der Waals surface area contributed by atoms with Crippen LogP contribution in [-0.2, 0) is 4.79 Å². The first-order valence-corrected chi connectivity index (χ1v) is 5.58. The Hall–Kier alpha value is -0.930. The third kappa shape index (κ3) is 2.60. The third-order valence-electron chi connectivity index (χ3n) is 2.14. The maximum absolute atomic E-state index is 10.9. The molecule has 1 amide bonds. The number of rotatable bonds is 2. The molecule has 0 bridgehead atoms. The van der Waals surface area contributed by atoms with E-state index in [4.69, 9.17) is 23.2 Å². The number of hydrogen-bond donors (Lipinski definition) is 2. The topological polar surface area (TPSA) is 49.3 Å². The molecule has 88 valence electrons. The van der Waals surface area contributed by atoms with Crippen molar-refractivity contribution in [1.82, 2.24) is 0 Å². The van der Waals surface area contributed by atoms with Crippen molar-refractivity contribution in [3.63, 3.8) is 0 Å². The first kappa shape index (κ1) is 13.1. The molecule has 0 aliphatic rings. The molecule has 0 aliphatic carbocycles. The van der Waals surface area contributed by atoms with Crippen molar-refractivity contribution in [2.45, 2.75) is 26.7 Å². The van der Waals surface area contributed by atoms with Crippen molar-refractivity contribution < 1.29 is 9.90 Å². The predicted molar refractivity (Wildman–Crippen MR) is 66.5 cm³/mol. The number of phenols is 1. The Kier molecular flexibility index (Phi) is 4.05. The molecule has 0 aliphatic heterocycles. The van der Waals surface area contributed by atoms with Crippen LogP contribution in [0.4, 0.5) is 5.69 Å². The van der Waals surface area contributed by atoms with Gasteiger partial charge in [0.05, 0.1) is 10.7 Å². The number of amides is 1. The second-order valence-electron chi connectivity index (χ2n) is 3.83. The van der Waals surface area contributed by atoms with Gasteiger partial charge in [-0.05, 0) is 17.5 Å². The average molecular weight is 262 g/mol. The zero-order valence-corrected chi connectivity index (χ0v) is 10.8. The van der Waals surface area contributed by atoms with E-state index in [0.717, 1.165) is 5.56 Å². The third-order valence-corrected chi connectivity index (χ3v) is 3.01. The summed E-state index contributed by atoms with van der Waals surface area (Å²) in [4.78, 5) is 10.9. The highest BCUT2D eigenvalue weighted by molar-refractivity contribution is 6.43. The lowest BCUT2D eigenvalue weighted by molar-refractivity contribution is -0.114. The number of benzene rings is 1. The van der Waals surface area contributed by atoms with Gasteiger partial charge in [-0.1, -0.05) is 37.0 Å². The Bertz CT molecular complexity index is 430. The molecule has 1 rings (SSSR count). The van der Waals surface area contributed by atoms with E-state index in [1.807, 2.05) is 13.8 Å². The molecular weight excluding hydrogens is 249 g/mol. The van der Waals surface area contributed by atoms with Crippen molar-refractivity contribution in [3.8, 4) is 5.75 Å². The van der Waals surface area contributed by atoms with Crippen LogP contribution in [0.3, 0.4) is 0 Å². The molecule has 0 fully saturated rings. The van der Waals surface area contributed by atoms with E-state index in [9.17, 15) is 9.90 Å². The van der Waals surface area contributed by atoms with E-state index in [0.29, 0.717) is 5.02 Å². The van der Waals surface area contributed by atoms with Crippen LogP contribution < -0.4 is 5.32 Å². The average Bonchev–Trinajstić information content (AvgIpc) is 2.18. The summed E-state index contributed by atoms with van der Waals surface area (Å²) >= 11 is 11.9. The van der Waals surface area contributed by atoms with Gasteiger partial charge in [0, 0.05) is 6.92 Å². The Labute approximate surface area is 104 Å². The molecule has 0 spiro atoms. The van der Waals surface area contributed by atoms with Gasteiger partial charge in [0.1, 0.15) is 5.02 Å². The second kappa shape index (κ2) is 4.93. The zero-order valence-electron chi connectivity index (χ0n) is 9.27. The number of aromatic hydroxyl groups is 1. The van der Waals surface area contributed by atoms with Gasteiger partial charge in [0.15, 0.2) is 5.75 Å². The monoisotopic (exact) mass is 261 g/mol. The van der Waals surface area contributed by atoms with Gasteiger partial charge in [-0.2, -0.15) is 0 Å². The molecule has 1 aromatic carbocycles. The lowest BCUT2D eigenvalue weighted by atomic mass is 10.0. The lowest BCUT2D eigenvalue weighted by Gasteiger charge is -2.14. The minimum atomic E-state index is -0.275. The van der Waals surface area contributed by atoms with E-state index in [2.05, 4.69) is 5.32 Å². The largest absolute Gasteiger partial charge is 0.504 e. The fourth-order valence-corrected chi connectivity index (χ4v) is 1.91. The smallest absolute Gasteiger partial charge is 0.221 e. The number of nitrogens with one attached hydrogen (secondary N) is 1. The predicted octanol–water partition coefficient (Wildman–Crippen LogP) is 3.78. The molecule has 0 radical (unpaired) electrons. The van der Waals surface area contributed by atoms with Gasteiger partial charge < -0.3 is 10.4 Å². The number of halogens is 2. The van der Waals surface area contributed by atoms with Gasteiger partial charge in [0.25, 0.3) is 0 Å². The Morgan fingerprint density at radius 3 is 2.38 bits per heavy atom. The van der Waals surface area contributed by atoms with E-state index in [1.165, 1.54) is 6.92 Å². The first-order valence-electron chi connectivity index (χ1n) is 4.83. The molecule has 0 atom stereocenters. The van der Waals surface area contributed by atoms with Gasteiger partial charge >= 0.3 is 0 Å². The molecule has 0 saturated carbocycles. The van der Waals surface area contributed by atoms with E-state index in [-0.39, 0.29) is 28.3 Å². The van der Waals surface area contributed by atoms with Crippen LogP contribution in [0.15, 0.2) is 6.07 Å². The molecule has 0 aromatic heterocycles. The quantitative estimate of drug-likeness (QED) is 0.797. The Morgan fingerprint density at radius 2 is 1.94 bits per heavy atom. The van der Waals surface area contributed by atoms with Gasteiger partial charge in [-0.3, -0.25) is 4.79 Å². The fraction of sp³-hybridized carbons (Fsp3) is 0.364. The van der Waals surface area contributed by atoms with Crippen molar-refractivity contribution in [1.29, 1.82) is 0 Å². The Balaban J connectivity index is 3.35. The van der Waals surface area contributed by atoms with Crippen LogP contribution in [0, 0.1) is 0 Å². The molecule has 0 unspecified atom stereocenters. The van der Waals surface area contributed by atoms with Gasteiger partial charge in [-0.15, -0.1) is 0 Å². The van der Waals surface area contributed by atoms with E-state index < -0.39 is 0 Å².